The number of ether oxygens (including phenoxy) is 2. The number of benzene rings is 2. The quantitative estimate of drug-likeness (QED) is 0.457. The fourth-order valence-corrected chi connectivity index (χ4v) is 3.44. The molecule has 2 heterocycles. The number of pyridine rings is 1. The molecule has 2 aromatic carbocycles. The largest absolute Gasteiger partial charge is 0.493 e. The summed E-state index contributed by atoms with van der Waals surface area (Å²) in [6, 6.07) is 15.9. The number of hydrogen-bond acceptors (Lipinski definition) is 4. The monoisotopic (exact) mass is 401 g/mol. The third kappa shape index (κ3) is 4.12. The average Bonchev–Trinajstić information content (AvgIpc) is 3.15. The van der Waals surface area contributed by atoms with Gasteiger partial charge < -0.3 is 19.8 Å². The number of fused-ring (bicyclic) bond motifs is 3. The first kappa shape index (κ1) is 19.5. The lowest BCUT2D eigenvalue weighted by Gasteiger charge is -2.09. The Kier molecular flexibility index (Phi) is 5.66. The highest BCUT2D eigenvalue weighted by atomic mass is 16.5. The molecule has 4 aromatic rings. The summed E-state index contributed by atoms with van der Waals surface area (Å²) in [4.78, 5) is 19.9. The maximum Gasteiger partial charge on any atom is 0.244 e. The van der Waals surface area contributed by atoms with Gasteiger partial charge >= 0.3 is 0 Å². The number of rotatable bonds is 7. The molecular formula is C24H23N3O3. The van der Waals surface area contributed by atoms with Crippen LogP contribution in [0.5, 0.6) is 11.5 Å². The molecule has 6 nitrogen and oxygen atoms in total. The molecule has 0 atom stereocenters. The van der Waals surface area contributed by atoms with Crippen molar-refractivity contribution in [3.63, 3.8) is 0 Å². The standard InChI is InChI=1S/C24H23N3O3/c1-29-22-9-7-16(13-23(22)30-2)11-12-25-24(28)10-8-17-14-19-18-5-3-4-6-20(18)27-21(19)15-26-17/h3-10,13-15,27H,11-12H2,1-2H3,(H,25,28)/b10-8+. The molecule has 4 rings (SSSR count). The van der Waals surface area contributed by atoms with Crippen molar-refractivity contribution in [3.05, 3.63) is 72.1 Å². The van der Waals surface area contributed by atoms with Crippen molar-refractivity contribution >= 4 is 33.8 Å². The summed E-state index contributed by atoms with van der Waals surface area (Å²) in [6.07, 6.45) is 5.73. The highest BCUT2D eigenvalue weighted by Crippen LogP contribution is 2.27. The van der Waals surface area contributed by atoms with Crippen molar-refractivity contribution in [1.82, 2.24) is 15.3 Å². The van der Waals surface area contributed by atoms with E-state index in [2.05, 4.69) is 21.4 Å². The minimum Gasteiger partial charge on any atom is -0.493 e. The summed E-state index contributed by atoms with van der Waals surface area (Å²) in [7, 11) is 3.21. The molecule has 0 aliphatic heterocycles. The number of carbonyl (C=O) groups excluding carboxylic acids is 1. The van der Waals surface area contributed by atoms with E-state index < -0.39 is 0 Å². The van der Waals surface area contributed by atoms with Crippen molar-refractivity contribution in [2.45, 2.75) is 6.42 Å². The van der Waals surface area contributed by atoms with Crippen molar-refractivity contribution in [3.8, 4) is 11.5 Å². The van der Waals surface area contributed by atoms with E-state index in [-0.39, 0.29) is 5.91 Å². The number of para-hydroxylation sites is 1. The smallest absolute Gasteiger partial charge is 0.244 e. The van der Waals surface area contributed by atoms with Crippen molar-refractivity contribution < 1.29 is 14.3 Å². The van der Waals surface area contributed by atoms with Gasteiger partial charge in [0.1, 0.15) is 0 Å². The second kappa shape index (κ2) is 8.69. The molecule has 2 aromatic heterocycles. The lowest BCUT2D eigenvalue weighted by Crippen LogP contribution is -2.23. The van der Waals surface area contributed by atoms with Crippen LogP contribution < -0.4 is 14.8 Å². The van der Waals surface area contributed by atoms with Crippen molar-refractivity contribution in [2.24, 2.45) is 0 Å². The molecule has 0 saturated heterocycles. The Morgan fingerprint density at radius 3 is 2.70 bits per heavy atom. The van der Waals surface area contributed by atoms with Crippen LogP contribution >= 0.6 is 0 Å². The van der Waals surface area contributed by atoms with Gasteiger partial charge in [0.25, 0.3) is 0 Å². The highest BCUT2D eigenvalue weighted by Gasteiger charge is 2.06. The summed E-state index contributed by atoms with van der Waals surface area (Å²) in [5.74, 6) is 1.21. The van der Waals surface area contributed by atoms with Crippen LogP contribution in [-0.4, -0.2) is 36.6 Å². The first-order valence-electron chi connectivity index (χ1n) is 9.71. The first-order chi connectivity index (χ1) is 14.7. The van der Waals surface area contributed by atoms with E-state index >= 15 is 0 Å². The van der Waals surface area contributed by atoms with Crippen molar-refractivity contribution in [1.29, 1.82) is 0 Å². The Bertz CT molecular complexity index is 1230. The SMILES string of the molecule is COc1ccc(CCNC(=O)/C=C/c2cc3c(cn2)[nH]c2ccccc23)cc1OC. The second-order valence-electron chi connectivity index (χ2n) is 6.89. The van der Waals surface area contributed by atoms with Crippen molar-refractivity contribution in [2.75, 3.05) is 20.8 Å². The molecular weight excluding hydrogens is 378 g/mol. The van der Waals surface area contributed by atoms with E-state index in [9.17, 15) is 4.79 Å². The summed E-state index contributed by atoms with van der Waals surface area (Å²) < 4.78 is 10.6. The summed E-state index contributed by atoms with van der Waals surface area (Å²) in [5.41, 5.74) is 3.85. The Labute approximate surface area is 174 Å². The maximum absolute atomic E-state index is 12.2. The van der Waals surface area contributed by atoms with E-state index in [1.807, 2.05) is 42.5 Å². The molecule has 0 spiro atoms. The Hall–Kier alpha value is -3.80. The number of amides is 1. The third-order valence-electron chi connectivity index (χ3n) is 4.98. The molecule has 0 saturated carbocycles. The molecule has 2 N–H and O–H groups in total. The van der Waals surface area contributed by atoms with Gasteiger partial charge in [-0.1, -0.05) is 24.3 Å². The predicted octanol–water partition coefficient (Wildman–Crippen LogP) is 4.11. The van der Waals surface area contributed by atoms with E-state index in [0.717, 1.165) is 33.1 Å². The summed E-state index contributed by atoms with van der Waals surface area (Å²) in [6.45, 7) is 0.521. The topological polar surface area (TPSA) is 76.2 Å². The number of H-pyrrole nitrogens is 1. The van der Waals surface area contributed by atoms with Gasteiger partial charge in [-0.15, -0.1) is 0 Å². The lowest BCUT2D eigenvalue weighted by molar-refractivity contribution is -0.116. The average molecular weight is 401 g/mol. The van der Waals surface area contributed by atoms with E-state index in [4.69, 9.17) is 9.47 Å². The molecule has 0 aliphatic rings. The second-order valence-corrected chi connectivity index (χ2v) is 6.89. The molecule has 0 fully saturated rings. The number of nitrogens with one attached hydrogen (secondary N) is 2. The van der Waals surface area contributed by atoms with Gasteiger partial charge in [-0.3, -0.25) is 9.78 Å². The lowest BCUT2D eigenvalue weighted by atomic mass is 10.1. The van der Waals surface area contributed by atoms with Gasteiger partial charge in [-0.25, -0.2) is 0 Å². The van der Waals surface area contributed by atoms with Crippen LogP contribution in [0.15, 0.2) is 60.8 Å². The van der Waals surface area contributed by atoms with Crippen LogP contribution in [0.2, 0.25) is 0 Å². The highest BCUT2D eigenvalue weighted by molar-refractivity contribution is 6.07. The summed E-state index contributed by atoms with van der Waals surface area (Å²) in [5, 5.41) is 5.13. The minimum atomic E-state index is -0.156. The van der Waals surface area contributed by atoms with Gasteiger partial charge in [0.15, 0.2) is 11.5 Å². The molecule has 1 amide bonds. The zero-order valence-electron chi connectivity index (χ0n) is 16.9. The van der Waals surface area contributed by atoms with Gasteiger partial charge in [-0.2, -0.15) is 0 Å². The predicted molar refractivity (Wildman–Crippen MR) is 119 cm³/mol. The molecule has 30 heavy (non-hydrogen) atoms. The van der Waals surface area contributed by atoms with E-state index in [1.165, 1.54) is 6.08 Å². The molecule has 6 heteroatoms. The molecule has 0 radical (unpaired) electrons. The molecule has 152 valence electrons. The summed E-state index contributed by atoms with van der Waals surface area (Å²) >= 11 is 0. The number of nitrogens with zero attached hydrogens (tertiary/aromatic N) is 1. The Balaban J connectivity index is 1.37. The van der Waals surface area contributed by atoms with Gasteiger partial charge in [0, 0.05) is 28.9 Å². The number of aromatic nitrogens is 2. The van der Waals surface area contributed by atoms with Crippen LogP contribution in [0.4, 0.5) is 0 Å². The third-order valence-corrected chi connectivity index (χ3v) is 4.98. The van der Waals surface area contributed by atoms with E-state index in [0.29, 0.717) is 24.5 Å². The normalized spacial score (nSPS) is 11.3. The van der Waals surface area contributed by atoms with Gasteiger partial charge in [-0.05, 0) is 42.3 Å². The fraction of sp³-hybridized carbons (Fsp3) is 0.167. The first-order valence-corrected chi connectivity index (χ1v) is 9.71. The number of carbonyl (C=O) groups is 1. The van der Waals surface area contributed by atoms with Crippen LogP contribution in [0.3, 0.4) is 0 Å². The Morgan fingerprint density at radius 2 is 1.87 bits per heavy atom. The number of aromatic amines is 1. The van der Waals surface area contributed by atoms with E-state index in [1.54, 1.807) is 26.5 Å². The molecule has 0 aliphatic carbocycles. The molecule has 0 unspecified atom stereocenters. The number of methoxy groups -OCH3 is 2. The number of hydrogen-bond donors (Lipinski definition) is 2. The van der Waals surface area contributed by atoms with Gasteiger partial charge in [0.2, 0.25) is 5.91 Å². The van der Waals surface area contributed by atoms with Gasteiger partial charge in [0.05, 0.1) is 31.6 Å². The Morgan fingerprint density at radius 1 is 1.03 bits per heavy atom. The minimum absolute atomic E-state index is 0.156. The maximum atomic E-state index is 12.2. The van der Waals surface area contributed by atoms with Crippen LogP contribution in [0, 0.1) is 0 Å². The van der Waals surface area contributed by atoms with Crippen LogP contribution in [0.1, 0.15) is 11.3 Å². The fourth-order valence-electron chi connectivity index (χ4n) is 3.44. The van der Waals surface area contributed by atoms with Crippen LogP contribution in [0.25, 0.3) is 27.9 Å². The van der Waals surface area contributed by atoms with Crippen LogP contribution in [-0.2, 0) is 11.2 Å². The zero-order valence-corrected chi connectivity index (χ0v) is 16.9. The zero-order chi connectivity index (χ0) is 20.9. The molecule has 0 bridgehead atoms.